The summed E-state index contributed by atoms with van der Waals surface area (Å²) < 4.78 is 31.7. The normalized spacial score (nSPS) is 10.8. The number of para-hydroxylation sites is 7. The van der Waals surface area contributed by atoms with Crippen LogP contribution >= 0.6 is 11.3 Å². The van der Waals surface area contributed by atoms with Crippen LogP contribution in [0.25, 0.3) is 54.5 Å². The Labute approximate surface area is 780 Å². The van der Waals surface area contributed by atoms with E-state index in [9.17, 15) is 24.0 Å². The number of aryl methyl sites for hydroxylation is 5. The van der Waals surface area contributed by atoms with Crippen molar-refractivity contribution in [2.75, 3.05) is 47.9 Å². The molecule has 0 unspecified atom stereocenters. The first kappa shape index (κ1) is 90.5. The van der Waals surface area contributed by atoms with Gasteiger partial charge >= 0.3 is 0 Å². The summed E-state index contributed by atoms with van der Waals surface area (Å²) in [4.78, 5) is 63.2. The molecule has 0 radical (unpaired) electrons. The average molecular weight is 1790 g/mol. The molecule has 20 rings (SSSR count). The van der Waals surface area contributed by atoms with Crippen LogP contribution in [0.3, 0.4) is 0 Å². The molecular formula is C112H100N12O9S. The number of thiophene rings is 1. The SMILES string of the molecule is COc1ccccc1C(=O)Nc1cn(Cc2ccc(C)cc2)c2ccccc12.COc1ccccc1C(=O)Nc1cn(Cc2ccc(C)cc2)c2ccccc12.COc1cscc1C(=O)Nc1cn(Cc2ccc(C)cc2)c2ccccc12.Cc1ccc(Cn2cc(NC(=O)c3cccnn3)c3ccccc32)cc1.Cc1cccc(Cn2cc(NC(=O)c3ccoc3)c3ccccc32)c1. The topological polar surface area (TPSA) is 237 Å². The third kappa shape index (κ3) is 22.0. The predicted octanol–water partition coefficient (Wildman–Crippen LogP) is 24.7. The quantitative estimate of drug-likeness (QED) is 0.0404. The lowest BCUT2D eigenvalue weighted by molar-refractivity contribution is 0.101. The number of nitrogens with zero attached hydrogens (tertiary/aromatic N) is 7. The Morgan fingerprint density at radius 2 is 0.634 bits per heavy atom. The van der Waals surface area contributed by atoms with Crippen molar-refractivity contribution in [3.8, 4) is 17.2 Å². The molecule has 5 N–H and O–H groups in total. The van der Waals surface area contributed by atoms with E-state index in [1.54, 1.807) is 75.4 Å². The van der Waals surface area contributed by atoms with Crippen LogP contribution in [0.4, 0.5) is 28.4 Å². The van der Waals surface area contributed by atoms with E-state index in [0.29, 0.717) is 45.2 Å². The van der Waals surface area contributed by atoms with Gasteiger partial charge < -0.3 is 68.0 Å². The van der Waals surface area contributed by atoms with Gasteiger partial charge in [-0.3, -0.25) is 24.0 Å². The highest BCUT2D eigenvalue weighted by molar-refractivity contribution is 7.08. The minimum atomic E-state index is -0.267. The van der Waals surface area contributed by atoms with E-state index in [2.05, 4.69) is 246 Å². The van der Waals surface area contributed by atoms with Crippen molar-refractivity contribution < 1.29 is 42.6 Å². The van der Waals surface area contributed by atoms with Gasteiger partial charge in [-0.1, -0.05) is 264 Å². The van der Waals surface area contributed by atoms with Gasteiger partial charge in [0, 0.05) is 108 Å². The number of ether oxygens (including phenoxy) is 3. The van der Waals surface area contributed by atoms with Crippen LogP contribution in [0.5, 0.6) is 17.2 Å². The highest BCUT2D eigenvalue weighted by Gasteiger charge is 2.22. The zero-order chi connectivity index (χ0) is 93.0. The summed E-state index contributed by atoms with van der Waals surface area (Å²) in [6, 6.07) is 102. The summed E-state index contributed by atoms with van der Waals surface area (Å²) in [6.07, 6.45) is 14.4. The van der Waals surface area contributed by atoms with Crippen molar-refractivity contribution >= 4 is 124 Å². The van der Waals surface area contributed by atoms with Crippen LogP contribution in [0.1, 0.15) is 108 Å². The molecule has 0 aliphatic rings. The van der Waals surface area contributed by atoms with Crippen molar-refractivity contribution in [3.05, 3.63) is 453 Å². The first-order chi connectivity index (χ1) is 65.4. The van der Waals surface area contributed by atoms with Gasteiger partial charge in [-0.2, -0.15) is 5.10 Å². The van der Waals surface area contributed by atoms with E-state index >= 15 is 0 Å². The number of amides is 5. The molecule has 0 saturated carbocycles. The van der Waals surface area contributed by atoms with Gasteiger partial charge in [0.05, 0.1) is 106 Å². The predicted molar refractivity (Wildman–Crippen MR) is 538 cm³/mol. The Morgan fingerprint density at radius 3 is 0.970 bits per heavy atom. The van der Waals surface area contributed by atoms with Gasteiger partial charge in [0.25, 0.3) is 29.5 Å². The summed E-state index contributed by atoms with van der Waals surface area (Å²) in [7, 11) is 4.71. The second kappa shape index (κ2) is 42.6. The van der Waals surface area contributed by atoms with Crippen LogP contribution in [-0.2, 0) is 32.7 Å². The molecule has 0 atom stereocenters. The lowest BCUT2D eigenvalue weighted by atomic mass is 10.1. The molecule has 0 aliphatic heterocycles. The number of furan rings is 1. The number of carbonyl (C=O) groups excluding carboxylic acids is 5. The van der Waals surface area contributed by atoms with Crippen LogP contribution in [0.2, 0.25) is 0 Å². The van der Waals surface area contributed by atoms with Crippen molar-refractivity contribution in [2.24, 2.45) is 0 Å². The summed E-state index contributed by atoms with van der Waals surface area (Å²) >= 11 is 1.45. The van der Waals surface area contributed by atoms with Crippen molar-refractivity contribution in [2.45, 2.75) is 67.3 Å². The average Bonchev–Trinajstić information content (AvgIpc) is 1.66. The first-order valence-electron chi connectivity index (χ1n) is 43.8. The molecular weight excluding hydrogens is 1690 g/mol. The van der Waals surface area contributed by atoms with Gasteiger partial charge in [-0.25, -0.2) is 0 Å². The molecule has 0 spiro atoms. The van der Waals surface area contributed by atoms with E-state index in [4.69, 9.17) is 18.6 Å². The van der Waals surface area contributed by atoms with Gasteiger partial charge in [-0.05, 0) is 135 Å². The van der Waals surface area contributed by atoms with Crippen LogP contribution < -0.4 is 40.8 Å². The molecule has 12 aromatic carbocycles. The summed E-state index contributed by atoms with van der Waals surface area (Å²) in [6.45, 7) is 14.1. The van der Waals surface area contributed by atoms with Gasteiger partial charge in [-0.15, -0.1) is 16.4 Å². The molecule has 22 heteroatoms. The highest BCUT2D eigenvalue weighted by Crippen LogP contribution is 2.36. The fraction of sp³-hybridized carbons (Fsp3) is 0.116. The number of rotatable bonds is 23. The fourth-order valence-corrected chi connectivity index (χ4v) is 16.8. The Morgan fingerprint density at radius 1 is 0.306 bits per heavy atom. The summed E-state index contributed by atoms with van der Waals surface area (Å²) in [5.74, 6) is 0.744. The molecule has 0 aliphatic carbocycles. The smallest absolute Gasteiger partial charge is 0.276 e. The maximum atomic E-state index is 12.8. The number of fused-ring (bicyclic) bond motifs is 5. The molecule has 8 aromatic heterocycles. The number of anilines is 5. The largest absolute Gasteiger partial charge is 0.496 e. The highest BCUT2D eigenvalue weighted by atomic mass is 32.1. The van der Waals surface area contributed by atoms with Gasteiger partial charge in [0.2, 0.25) is 0 Å². The monoisotopic (exact) mass is 1790 g/mol. The van der Waals surface area contributed by atoms with E-state index < -0.39 is 0 Å². The zero-order valence-corrected chi connectivity index (χ0v) is 76.3. The molecule has 21 nitrogen and oxygen atoms in total. The van der Waals surface area contributed by atoms with Crippen LogP contribution in [0, 0.1) is 34.6 Å². The van der Waals surface area contributed by atoms with Crippen LogP contribution in [-0.4, -0.2) is 83.9 Å². The Bertz CT molecular complexity index is 7310. The number of carbonyl (C=O) groups is 5. The second-order valence-corrected chi connectivity index (χ2v) is 33.3. The maximum Gasteiger partial charge on any atom is 0.276 e. The maximum absolute atomic E-state index is 12.8. The Balaban J connectivity index is 0.000000122. The standard InChI is InChI=1S/2C24H22N2O2.C22H20N2O2S.C21H18N4O.C21H18N2O2/c2*1-17-11-13-18(14-12-17)15-26-16-21(19-7-3-5-9-22(19)26)25-24(27)20-8-4-6-10-23(20)28-2;1-15-7-9-16(10-8-15)11-24-12-19(17-5-3-4-6-20(17)24)23-22(25)18-13-27-14-21(18)26-2;1-15-8-10-16(11-9-15)13-25-14-19(17-5-2-3-7-20(17)25)23-21(26)18-6-4-12-22-24-18;1-15-5-4-6-16(11-15)12-23-13-19(18-7-2-3-8-20(18)23)22-21(24)17-9-10-25-14-17/h2*3-14,16H,15H2,1-2H3,(H,25,27);3-10,12-14H,11H2,1-2H3,(H,23,25);2-12,14H,13H2,1H3,(H,23,26);2-11,13-14H,12H2,1H3,(H,22,24). The van der Waals surface area contributed by atoms with E-state index in [-0.39, 0.29) is 29.5 Å². The number of nitrogens with one attached hydrogen (secondary N) is 5. The minimum absolute atomic E-state index is 0.161. The van der Waals surface area contributed by atoms with Crippen molar-refractivity contribution in [1.82, 2.24) is 33.0 Å². The van der Waals surface area contributed by atoms with E-state index in [1.165, 1.54) is 79.5 Å². The number of methoxy groups -OCH3 is 3. The fourth-order valence-electron chi connectivity index (χ4n) is 16.0. The molecule has 0 fully saturated rings. The van der Waals surface area contributed by atoms with E-state index in [1.807, 2.05) is 152 Å². The lowest BCUT2D eigenvalue weighted by Crippen LogP contribution is -2.13. The summed E-state index contributed by atoms with van der Waals surface area (Å²) in [5.41, 5.74) is 24.0. The molecule has 0 saturated heterocycles. The molecule has 5 amide bonds. The molecule has 668 valence electrons. The third-order valence-electron chi connectivity index (χ3n) is 22.9. The second-order valence-electron chi connectivity index (χ2n) is 32.5. The van der Waals surface area contributed by atoms with Crippen molar-refractivity contribution in [3.63, 3.8) is 0 Å². The minimum Gasteiger partial charge on any atom is -0.496 e. The van der Waals surface area contributed by atoms with E-state index in [0.717, 1.165) is 116 Å². The number of hydrogen-bond donors (Lipinski definition) is 5. The molecule has 8 heterocycles. The van der Waals surface area contributed by atoms with Gasteiger partial charge in [0.15, 0.2) is 5.69 Å². The lowest BCUT2D eigenvalue weighted by Gasteiger charge is -2.08. The third-order valence-corrected chi connectivity index (χ3v) is 23.6. The van der Waals surface area contributed by atoms with Crippen LogP contribution in [0.15, 0.2) is 374 Å². The number of aromatic nitrogens is 7. The molecule has 20 aromatic rings. The number of benzene rings is 12. The number of hydrogen-bond acceptors (Lipinski definition) is 12. The summed E-state index contributed by atoms with van der Waals surface area (Å²) in [5, 5.41) is 31.4. The van der Waals surface area contributed by atoms with Gasteiger partial charge in [0.1, 0.15) is 23.5 Å². The first-order valence-corrected chi connectivity index (χ1v) is 44.7. The molecule has 0 bridgehead atoms. The Hall–Kier alpha value is -16.9. The van der Waals surface area contributed by atoms with Crippen molar-refractivity contribution in [1.29, 1.82) is 0 Å². The molecule has 134 heavy (non-hydrogen) atoms. The zero-order valence-electron chi connectivity index (χ0n) is 75.5. The Kier molecular flexibility index (Phi) is 28.8.